The van der Waals surface area contributed by atoms with Gasteiger partial charge in [0.15, 0.2) is 0 Å². The summed E-state index contributed by atoms with van der Waals surface area (Å²) in [7, 11) is 2.66. The van der Waals surface area contributed by atoms with Gasteiger partial charge in [0.25, 0.3) is 11.8 Å². The van der Waals surface area contributed by atoms with E-state index in [-0.39, 0.29) is 17.2 Å². The molecule has 0 unspecified atom stereocenters. The molecule has 2 rings (SSSR count). The van der Waals surface area contributed by atoms with Crippen LogP contribution < -0.4 is 4.74 Å². The molecule has 0 saturated heterocycles. The summed E-state index contributed by atoms with van der Waals surface area (Å²) in [5.74, 6) is -0.917. The predicted octanol–water partition coefficient (Wildman–Crippen LogP) is 2.92. The molecule has 0 N–H and O–H groups in total. The molecule has 0 spiro atoms. The lowest BCUT2D eigenvalue weighted by Crippen LogP contribution is -2.26. The highest BCUT2D eigenvalue weighted by Crippen LogP contribution is 2.32. The monoisotopic (exact) mass is 327 g/mol. The number of nitrogens with zero attached hydrogens (tertiary/aromatic N) is 3. The van der Waals surface area contributed by atoms with Gasteiger partial charge in [0, 0.05) is 7.05 Å². The predicted molar refractivity (Wildman–Crippen MR) is 72.7 cm³/mol. The summed E-state index contributed by atoms with van der Waals surface area (Å²) in [6, 6.07) is 5.56. The molecule has 0 bridgehead atoms. The van der Waals surface area contributed by atoms with Gasteiger partial charge in [0.05, 0.1) is 18.9 Å². The molecule has 23 heavy (non-hydrogen) atoms. The van der Waals surface area contributed by atoms with Crippen molar-refractivity contribution in [3.8, 4) is 11.6 Å². The van der Waals surface area contributed by atoms with Crippen LogP contribution in [-0.2, 0) is 11.0 Å². The number of rotatable bonds is 4. The van der Waals surface area contributed by atoms with Crippen LogP contribution in [0.25, 0.3) is 0 Å². The van der Waals surface area contributed by atoms with E-state index in [2.05, 4.69) is 10.2 Å². The Kier molecular flexibility index (Phi) is 4.80. The van der Waals surface area contributed by atoms with E-state index in [4.69, 9.17) is 9.57 Å². The van der Waals surface area contributed by atoms with Crippen molar-refractivity contribution in [2.75, 3.05) is 14.2 Å². The normalized spacial score (nSPS) is 11.2. The molecular formula is C14H12F3N3O3. The summed E-state index contributed by atoms with van der Waals surface area (Å²) >= 11 is 0. The topological polar surface area (TPSA) is 64.5 Å². The molecule has 0 radical (unpaired) electrons. The van der Waals surface area contributed by atoms with Crippen molar-refractivity contribution in [3.05, 3.63) is 47.7 Å². The van der Waals surface area contributed by atoms with Crippen LogP contribution in [0.3, 0.4) is 0 Å². The van der Waals surface area contributed by atoms with Crippen LogP contribution in [0.5, 0.6) is 11.6 Å². The minimum Gasteiger partial charge on any atom is -0.437 e. The second-order valence-corrected chi connectivity index (χ2v) is 4.36. The van der Waals surface area contributed by atoms with Crippen LogP contribution in [0.4, 0.5) is 13.2 Å². The average molecular weight is 327 g/mol. The molecule has 122 valence electrons. The van der Waals surface area contributed by atoms with Gasteiger partial charge in [-0.05, 0) is 24.3 Å². The molecule has 2 aromatic rings. The fourth-order valence-electron chi connectivity index (χ4n) is 1.66. The number of hydrogen-bond donors (Lipinski definition) is 0. The van der Waals surface area contributed by atoms with Crippen LogP contribution >= 0.6 is 0 Å². The number of amides is 1. The maximum absolute atomic E-state index is 12.7. The molecule has 0 saturated carbocycles. The van der Waals surface area contributed by atoms with Gasteiger partial charge in [-0.3, -0.25) is 9.63 Å². The van der Waals surface area contributed by atoms with Crippen molar-refractivity contribution in [1.82, 2.24) is 15.3 Å². The Morgan fingerprint density at radius 2 is 2.00 bits per heavy atom. The van der Waals surface area contributed by atoms with E-state index in [1.54, 1.807) is 0 Å². The minimum absolute atomic E-state index is 0.00163. The Hall–Kier alpha value is -2.68. The minimum atomic E-state index is -4.50. The zero-order chi connectivity index (χ0) is 17.0. The standard InChI is InChI=1S/C14H12F3N3O3/c1-20(22-2)13(21)11-6-7-18-19-12(11)23-10-5-3-4-9(8-10)14(15,16)17/h3-8H,1-2H3. The lowest BCUT2D eigenvalue weighted by Gasteiger charge is -2.15. The number of carbonyl (C=O) groups excluding carboxylic acids is 1. The van der Waals surface area contributed by atoms with Gasteiger partial charge >= 0.3 is 6.18 Å². The van der Waals surface area contributed by atoms with E-state index < -0.39 is 17.6 Å². The molecule has 0 aliphatic rings. The molecule has 0 aliphatic carbocycles. The highest BCUT2D eigenvalue weighted by molar-refractivity contribution is 5.95. The van der Waals surface area contributed by atoms with E-state index in [1.807, 2.05) is 0 Å². The third-order valence-electron chi connectivity index (χ3n) is 2.85. The summed E-state index contributed by atoms with van der Waals surface area (Å²) in [6.45, 7) is 0. The first kappa shape index (κ1) is 16.7. The van der Waals surface area contributed by atoms with Gasteiger partial charge in [-0.15, -0.1) is 5.10 Å². The number of carbonyl (C=O) groups is 1. The Balaban J connectivity index is 2.33. The first-order valence-electron chi connectivity index (χ1n) is 6.32. The Morgan fingerprint density at radius 1 is 1.26 bits per heavy atom. The van der Waals surface area contributed by atoms with Crippen molar-refractivity contribution in [2.45, 2.75) is 6.18 Å². The average Bonchev–Trinajstić information content (AvgIpc) is 2.53. The molecule has 0 atom stereocenters. The van der Waals surface area contributed by atoms with Crippen LogP contribution in [0.15, 0.2) is 36.5 Å². The van der Waals surface area contributed by atoms with Crippen molar-refractivity contribution >= 4 is 5.91 Å². The summed E-state index contributed by atoms with van der Waals surface area (Å²) in [5, 5.41) is 8.15. The Bertz CT molecular complexity index is 707. The molecular weight excluding hydrogens is 315 g/mol. The van der Waals surface area contributed by atoms with Crippen molar-refractivity contribution in [3.63, 3.8) is 0 Å². The van der Waals surface area contributed by atoms with Crippen LogP contribution in [0, 0.1) is 0 Å². The quantitative estimate of drug-likeness (QED) is 0.808. The fourth-order valence-corrected chi connectivity index (χ4v) is 1.66. The van der Waals surface area contributed by atoms with Crippen molar-refractivity contribution in [1.29, 1.82) is 0 Å². The maximum atomic E-state index is 12.7. The highest BCUT2D eigenvalue weighted by Gasteiger charge is 2.30. The summed E-state index contributed by atoms with van der Waals surface area (Å²) < 4.78 is 43.4. The van der Waals surface area contributed by atoms with E-state index >= 15 is 0 Å². The van der Waals surface area contributed by atoms with Crippen LogP contribution in [0.2, 0.25) is 0 Å². The van der Waals surface area contributed by atoms with Gasteiger partial charge in [-0.1, -0.05) is 6.07 Å². The molecule has 1 aromatic heterocycles. The first-order valence-corrected chi connectivity index (χ1v) is 6.32. The second kappa shape index (κ2) is 6.61. The van der Waals surface area contributed by atoms with Gasteiger partial charge in [0.2, 0.25) is 0 Å². The molecule has 0 fully saturated rings. The summed E-state index contributed by atoms with van der Waals surface area (Å²) in [4.78, 5) is 16.9. The van der Waals surface area contributed by atoms with E-state index in [0.29, 0.717) is 0 Å². The molecule has 1 amide bonds. The fraction of sp³-hybridized carbons (Fsp3) is 0.214. The smallest absolute Gasteiger partial charge is 0.416 e. The molecule has 0 aliphatic heterocycles. The highest BCUT2D eigenvalue weighted by atomic mass is 19.4. The molecule has 6 nitrogen and oxygen atoms in total. The van der Waals surface area contributed by atoms with Gasteiger partial charge in [0.1, 0.15) is 11.3 Å². The molecule has 1 aromatic carbocycles. The Labute approximate surface area is 129 Å². The van der Waals surface area contributed by atoms with E-state index in [0.717, 1.165) is 17.2 Å². The molecule has 1 heterocycles. The second-order valence-electron chi connectivity index (χ2n) is 4.36. The summed E-state index contributed by atoms with van der Waals surface area (Å²) in [5.41, 5.74) is -0.873. The number of hydrogen-bond acceptors (Lipinski definition) is 5. The van der Waals surface area contributed by atoms with Crippen LogP contribution in [-0.4, -0.2) is 35.3 Å². The molecule has 9 heteroatoms. The Morgan fingerprint density at radius 3 is 2.65 bits per heavy atom. The zero-order valence-corrected chi connectivity index (χ0v) is 12.2. The number of benzene rings is 1. The maximum Gasteiger partial charge on any atom is 0.416 e. The van der Waals surface area contributed by atoms with E-state index in [1.165, 1.54) is 38.6 Å². The third-order valence-corrected chi connectivity index (χ3v) is 2.85. The van der Waals surface area contributed by atoms with Gasteiger partial charge in [-0.25, -0.2) is 5.06 Å². The van der Waals surface area contributed by atoms with Gasteiger partial charge < -0.3 is 4.74 Å². The number of ether oxygens (including phenoxy) is 1. The van der Waals surface area contributed by atoms with E-state index in [9.17, 15) is 18.0 Å². The lowest BCUT2D eigenvalue weighted by molar-refractivity contribution is -0.137. The zero-order valence-electron chi connectivity index (χ0n) is 12.2. The first-order chi connectivity index (χ1) is 10.8. The van der Waals surface area contributed by atoms with Crippen LogP contribution in [0.1, 0.15) is 15.9 Å². The largest absolute Gasteiger partial charge is 0.437 e. The number of halogens is 3. The van der Waals surface area contributed by atoms with Crippen molar-refractivity contribution < 1.29 is 27.5 Å². The number of alkyl halides is 3. The lowest BCUT2D eigenvalue weighted by atomic mass is 10.2. The third kappa shape index (κ3) is 3.95. The number of aromatic nitrogens is 2. The SMILES string of the molecule is CON(C)C(=O)c1ccnnc1Oc1cccc(C(F)(F)F)c1. The van der Waals surface area contributed by atoms with Crippen molar-refractivity contribution in [2.24, 2.45) is 0 Å². The number of hydroxylamine groups is 2. The summed E-state index contributed by atoms with van der Waals surface area (Å²) in [6.07, 6.45) is -3.24. The van der Waals surface area contributed by atoms with Gasteiger partial charge in [-0.2, -0.15) is 18.3 Å².